The van der Waals surface area contributed by atoms with Gasteiger partial charge in [0.1, 0.15) is 17.8 Å². The molecule has 3 aromatic heterocycles. The molecule has 3 N–H and O–H groups in total. The third-order valence-corrected chi connectivity index (χ3v) is 7.20. The molecule has 0 spiro atoms. The van der Waals surface area contributed by atoms with Gasteiger partial charge in [-0.3, -0.25) is 4.90 Å². The Morgan fingerprint density at radius 1 is 0.971 bits per heavy atom. The van der Waals surface area contributed by atoms with Crippen LogP contribution in [0.1, 0.15) is 25.7 Å². The van der Waals surface area contributed by atoms with Crippen LogP contribution >= 0.6 is 0 Å². The fraction of sp³-hybridized carbons (Fsp3) is 0.440. The molecule has 4 aromatic rings. The van der Waals surface area contributed by atoms with Crippen LogP contribution in [-0.4, -0.2) is 75.3 Å². The minimum Gasteiger partial charge on any atom is -0.379 e. The van der Waals surface area contributed by atoms with E-state index in [4.69, 9.17) is 4.74 Å². The fourth-order valence-corrected chi connectivity index (χ4v) is 5.34. The maximum absolute atomic E-state index is 5.53. The topological polar surface area (TPSA) is 104 Å². The molecule has 34 heavy (non-hydrogen) atoms. The first-order valence-corrected chi connectivity index (χ1v) is 12.1. The van der Waals surface area contributed by atoms with Crippen LogP contribution in [0.3, 0.4) is 0 Å². The second-order valence-corrected chi connectivity index (χ2v) is 9.17. The predicted octanol–water partition coefficient (Wildman–Crippen LogP) is 3.67. The van der Waals surface area contributed by atoms with Crippen LogP contribution in [0, 0.1) is 0 Å². The molecule has 0 radical (unpaired) electrons. The number of H-pyrrole nitrogens is 1. The molecule has 176 valence electrons. The molecule has 6 rings (SSSR count). The summed E-state index contributed by atoms with van der Waals surface area (Å²) < 4.78 is 5.53. The summed E-state index contributed by atoms with van der Waals surface area (Å²) in [6.45, 7) is 3.86. The molecular formula is C25H30N8O. The summed E-state index contributed by atoms with van der Waals surface area (Å²) in [5.41, 5.74) is 3.94. The Bertz CT molecular complexity index is 1270. The zero-order valence-electron chi connectivity index (χ0n) is 19.4. The van der Waals surface area contributed by atoms with Gasteiger partial charge < -0.3 is 20.4 Å². The van der Waals surface area contributed by atoms with Crippen LogP contribution in [0.2, 0.25) is 0 Å². The number of nitrogens with one attached hydrogen (secondary N) is 3. The largest absolute Gasteiger partial charge is 0.379 e. The van der Waals surface area contributed by atoms with Crippen LogP contribution in [0.15, 0.2) is 36.9 Å². The Morgan fingerprint density at radius 2 is 1.76 bits per heavy atom. The minimum absolute atomic E-state index is 0.422. The molecule has 2 fully saturated rings. The Kier molecular flexibility index (Phi) is 5.72. The maximum atomic E-state index is 5.53. The van der Waals surface area contributed by atoms with Crippen molar-refractivity contribution < 1.29 is 4.74 Å². The number of benzene rings is 1. The quantitative estimate of drug-likeness (QED) is 0.416. The van der Waals surface area contributed by atoms with Crippen molar-refractivity contribution in [3.8, 4) is 11.1 Å². The second-order valence-electron chi connectivity index (χ2n) is 9.17. The summed E-state index contributed by atoms with van der Waals surface area (Å²) in [7, 11) is 1.82. The minimum atomic E-state index is 0.422. The summed E-state index contributed by atoms with van der Waals surface area (Å²) >= 11 is 0. The van der Waals surface area contributed by atoms with Crippen molar-refractivity contribution in [1.29, 1.82) is 0 Å². The van der Waals surface area contributed by atoms with E-state index in [1.807, 2.05) is 19.4 Å². The molecule has 4 heterocycles. The van der Waals surface area contributed by atoms with Gasteiger partial charge in [-0.25, -0.2) is 19.9 Å². The van der Waals surface area contributed by atoms with E-state index in [-0.39, 0.29) is 0 Å². The highest BCUT2D eigenvalue weighted by Gasteiger charge is 2.27. The number of anilines is 2. The number of rotatable bonds is 5. The zero-order valence-corrected chi connectivity index (χ0v) is 19.4. The van der Waals surface area contributed by atoms with Gasteiger partial charge in [0.2, 0.25) is 5.95 Å². The summed E-state index contributed by atoms with van der Waals surface area (Å²) in [4.78, 5) is 23.9. The lowest BCUT2D eigenvalue weighted by atomic mass is 9.90. The summed E-state index contributed by atoms with van der Waals surface area (Å²) in [5, 5.41) is 8.87. The number of hydrogen-bond donors (Lipinski definition) is 3. The SMILES string of the molecule is CNc1ncc(-c2ccc3[nH]c4ncnc(NC5CCC(N6CCOCC6)CC5)c4c3c2)cn1. The van der Waals surface area contributed by atoms with Gasteiger partial charge in [-0.15, -0.1) is 0 Å². The average Bonchev–Trinajstić information content (AvgIpc) is 3.28. The van der Waals surface area contributed by atoms with E-state index in [1.165, 1.54) is 12.8 Å². The first kappa shape index (κ1) is 21.2. The number of nitrogens with zero attached hydrogens (tertiary/aromatic N) is 5. The lowest BCUT2D eigenvalue weighted by Gasteiger charge is -2.39. The first-order valence-electron chi connectivity index (χ1n) is 12.1. The number of aromatic nitrogens is 5. The van der Waals surface area contributed by atoms with Gasteiger partial charge >= 0.3 is 0 Å². The fourth-order valence-electron chi connectivity index (χ4n) is 5.34. The van der Waals surface area contributed by atoms with E-state index < -0.39 is 0 Å². The highest BCUT2D eigenvalue weighted by atomic mass is 16.5. The highest BCUT2D eigenvalue weighted by Crippen LogP contribution is 2.34. The molecule has 0 bridgehead atoms. The maximum Gasteiger partial charge on any atom is 0.222 e. The first-order chi connectivity index (χ1) is 16.8. The van der Waals surface area contributed by atoms with Crippen molar-refractivity contribution in [2.75, 3.05) is 44.0 Å². The molecule has 1 aliphatic heterocycles. The van der Waals surface area contributed by atoms with E-state index >= 15 is 0 Å². The van der Waals surface area contributed by atoms with Gasteiger partial charge in [0.25, 0.3) is 0 Å². The van der Waals surface area contributed by atoms with Gasteiger partial charge in [0, 0.05) is 61.1 Å². The number of fused-ring (bicyclic) bond motifs is 3. The Balaban J connectivity index is 1.26. The van der Waals surface area contributed by atoms with Crippen molar-refractivity contribution in [1.82, 2.24) is 29.8 Å². The summed E-state index contributed by atoms with van der Waals surface area (Å²) in [6, 6.07) is 7.46. The van der Waals surface area contributed by atoms with Gasteiger partial charge in [-0.1, -0.05) is 6.07 Å². The van der Waals surface area contributed by atoms with Gasteiger partial charge in [0.15, 0.2) is 0 Å². The number of morpholine rings is 1. The number of aromatic amines is 1. The van der Waals surface area contributed by atoms with Crippen molar-refractivity contribution in [2.24, 2.45) is 0 Å². The molecule has 9 heteroatoms. The van der Waals surface area contributed by atoms with E-state index in [1.54, 1.807) is 6.33 Å². The standard InChI is InChI=1S/C25H30N8O/c1-26-25-27-13-17(14-28-25)16-2-7-21-20(12-16)22-23(29-15-30-24(22)32-21)31-18-3-5-19(6-4-18)33-8-10-34-11-9-33/h2,7,12-15,18-19H,3-6,8-11H2,1H3,(H,26,27,28)(H2,29,30,31,32). The van der Waals surface area contributed by atoms with Crippen molar-refractivity contribution in [2.45, 2.75) is 37.8 Å². The highest BCUT2D eigenvalue weighted by molar-refractivity contribution is 6.12. The van der Waals surface area contributed by atoms with Crippen LogP contribution < -0.4 is 10.6 Å². The van der Waals surface area contributed by atoms with Gasteiger partial charge in [-0.05, 0) is 43.4 Å². The molecule has 1 saturated heterocycles. The molecule has 0 atom stereocenters. The van der Waals surface area contributed by atoms with Crippen molar-refractivity contribution in [3.05, 3.63) is 36.9 Å². The average molecular weight is 459 g/mol. The smallest absolute Gasteiger partial charge is 0.222 e. The lowest BCUT2D eigenvalue weighted by Crippen LogP contribution is -2.46. The monoisotopic (exact) mass is 458 g/mol. The Hall–Kier alpha value is -3.30. The van der Waals surface area contributed by atoms with Crippen LogP contribution in [-0.2, 0) is 4.74 Å². The molecule has 0 amide bonds. The van der Waals surface area contributed by atoms with Crippen LogP contribution in [0.25, 0.3) is 33.1 Å². The lowest BCUT2D eigenvalue weighted by molar-refractivity contribution is 0.00791. The predicted molar refractivity (Wildman–Crippen MR) is 134 cm³/mol. The molecule has 1 aliphatic carbocycles. The van der Waals surface area contributed by atoms with Crippen LogP contribution in [0.5, 0.6) is 0 Å². The Labute approximate surface area is 198 Å². The molecule has 9 nitrogen and oxygen atoms in total. The summed E-state index contributed by atoms with van der Waals surface area (Å²) in [6.07, 6.45) is 10.1. The van der Waals surface area contributed by atoms with Crippen LogP contribution in [0.4, 0.5) is 11.8 Å². The van der Waals surface area contributed by atoms with E-state index in [0.29, 0.717) is 18.0 Å². The van der Waals surface area contributed by atoms with E-state index in [0.717, 1.165) is 78.0 Å². The molecule has 1 aromatic carbocycles. The van der Waals surface area contributed by atoms with Gasteiger partial charge in [-0.2, -0.15) is 0 Å². The Morgan fingerprint density at radius 3 is 2.53 bits per heavy atom. The third-order valence-electron chi connectivity index (χ3n) is 7.20. The van der Waals surface area contributed by atoms with E-state index in [2.05, 4.69) is 58.7 Å². The van der Waals surface area contributed by atoms with Gasteiger partial charge in [0.05, 0.1) is 18.6 Å². The van der Waals surface area contributed by atoms with Crippen molar-refractivity contribution in [3.63, 3.8) is 0 Å². The molecule has 1 saturated carbocycles. The second kappa shape index (κ2) is 9.15. The van der Waals surface area contributed by atoms with E-state index in [9.17, 15) is 0 Å². The third kappa shape index (κ3) is 4.05. The molecule has 0 unspecified atom stereocenters. The molecular weight excluding hydrogens is 428 g/mol. The zero-order chi connectivity index (χ0) is 22.9. The normalized spacial score (nSPS) is 21.7. The molecule has 2 aliphatic rings. The number of hydrogen-bond acceptors (Lipinski definition) is 8. The van der Waals surface area contributed by atoms with Crippen molar-refractivity contribution >= 4 is 33.7 Å². The summed E-state index contributed by atoms with van der Waals surface area (Å²) in [5.74, 6) is 1.52. The number of ether oxygens (including phenoxy) is 1.